The molecule has 2 aromatic heterocycles. The Hall–Kier alpha value is -1.68. The van der Waals surface area contributed by atoms with Crippen LogP contribution in [0.4, 0.5) is 0 Å². The Morgan fingerprint density at radius 2 is 1.94 bits per heavy atom. The van der Waals surface area contributed by atoms with E-state index in [0.717, 1.165) is 30.0 Å². The van der Waals surface area contributed by atoms with Crippen molar-refractivity contribution in [2.24, 2.45) is 0 Å². The molecule has 2 aromatic rings. The Balaban J connectivity index is 1.95. The van der Waals surface area contributed by atoms with Crippen molar-refractivity contribution in [3.05, 3.63) is 36.5 Å². The van der Waals surface area contributed by atoms with E-state index in [0.29, 0.717) is 0 Å². The molecule has 18 heavy (non-hydrogen) atoms. The first-order chi connectivity index (χ1) is 8.54. The van der Waals surface area contributed by atoms with E-state index in [1.54, 1.807) is 12.4 Å². The molecule has 2 heterocycles. The average molecular weight is 244 g/mol. The first-order valence-electron chi connectivity index (χ1n) is 6.24. The van der Waals surface area contributed by atoms with E-state index in [1.807, 2.05) is 18.3 Å². The van der Waals surface area contributed by atoms with Gasteiger partial charge in [0.15, 0.2) is 0 Å². The standard InChI is InChI=1S/C14H20N4/c1-14(2,3)17-9-6-13-16-10-12(18-13)11-4-7-15-8-5-11/h4-5,7-8,10,17H,6,9H2,1-3H3,(H,16,18). The molecule has 0 fully saturated rings. The van der Waals surface area contributed by atoms with Gasteiger partial charge in [-0.05, 0) is 32.9 Å². The van der Waals surface area contributed by atoms with Gasteiger partial charge in [-0.15, -0.1) is 0 Å². The Morgan fingerprint density at radius 1 is 1.22 bits per heavy atom. The topological polar surface area (TPSA) is 53.6 Å². The molecule has 0 amide bonds. The second-order valence-corrected chi connectivity index (χ2v) is 5.41. The van der Waals surface area contributed by atoms with Crippen LogP contribution in [0.1, 0.15) is 26.6 Å². The normalized spacial score (nSPS) is 11.7. The van der Waals surface area contributed by atoms with Gasteiger partial charge in [-0.1, -0.05) is 0 Å². The summed E-state index contributed by atoms with van der Waals surface area (Å²) in [6, 6.07) is 3.95. The van der Waals surface area contributed by atoms with E-state index >= 15 is 0 Å². The number of rotatable bonds is 4. The summed E-state index contributed by atoms with van der Waals surface area (Å²) >= 11 is 0. The minimum atomic E-state index is 0.153. The van der Waals surface area contributed by atoms with Crippen molar-refractivity contribution in [3.63, 3.8) is 0 Å². The van der Waals surface area contributed by atoms with Gasteiger partial charge in [0.25, 0.3) is 0 Å². The highest BCUT2D eigenvalue weighted by Crippen LogP contribution is 2.15. The van der Waals surface area contributed by atoms with Crippen LogP contribution in [-0.4, -0.2) is 27.0 Å². The maximum Gasteiger partial charge on any atom is 0.107 e. The summed E-state index contributed by atoms with van der Waals surface area (Å²) < 4.78 is 0. The molecule has 0 aliphatic heterocycles. The molecule has 2 rings (SSSR count). The predicted molar refractivity (Wildman–Crippen MR) is 73.3 cm³/mol. The van der Waals surface area contributed by atoms with Crippen LogP contribution in [0.5, 0.6) is 0 Å². The monoisotopic (exact) mass is 244 g/mol. The maximum atomic E-state index is 4.40. The Bertz CT molecular complexity index is 482. The summed E-state index contributed by atoms with van der Waals surface area (Å²) in [5, 5.41) is 3.45. The fraction of sp³-hybridized carbons (Fsp3) is 0.429. The fourth-order valence-electron chi connectivity index (χ4n) is 1.72. The molecule has 0 saturated heterocycles. The quantitative estimate of drug-likeness (QED) is 0.868. The lowest BCUT2D eigenvalue weighted by Gasteiger charge is -2.19. The first-order valence-corrected chi connectivity index (χ1v) is 6.24. The van der Waals surface area contributed by atoms with E-state index in [4.69, 9.17) is 0 Å². The van der Waals surface area contributed by atoms with Crippen LogP contribution in [0, 0.1) is 0 Å². The highest BCUT2D eigenvalue weighted by molar-refractivity contribution is 5.57. The molecule has 0 unspecified atom stereocenters. The van der Waals surface area contributed by atoms with Gasteiger partial charge in [0.2, 0.25) is 0 Å². The highest BCUT2D eigenvalue weighted by Gasteiger charge is 2.08. The van der Waals surface area contributed by atoms with Gasteiger partial charge in [0.05, 0.1) is 11.9 Å². The molecule has 0 aliphatic carbocycles. The number of H-pyrrole nitrogens is 1. The number of aromatic nitrogens is 3. The number of aromatic amines is 1. The van der Waals surface area contributed by atoms with Crippen molar-refractivity contribution in [1.82, 2.24) is 20.3 Å². The molecule has 0 atom stereocenters. The van der Waals surface area contributed by atoms with Crippen molar-refractivity contribution >= 4 is 0 Å². The van der Waals surface area contributed by atoms with Crippen LogP contribution in [0.3, 0.4) is 0 Å². The molecule has 0 radical (unpaired) electrons. The van der Waals surface area contributed by atoms with Crippen LogP contribution in [0.15, 0.2) is 30.7 Å². The lowest BCUT2D eigenvalue weighted by Crippen LogP contribution is -2.37. The Labute approximate surface area is 108 Å². The van der Waals surface area contributed by atoms with Crippen LogP contribution >= 0.6 is 0 Å². The van der Waals surface area contributed by atoms with Gasteiger partial charge in [0, 0.05) is 36.5 Å². The molecule has 96 valence electrons. The second kappa shape index (κ2) is 5.31. The maximum absolute atomic E-state index is 4.40. The molecule has 2 N–H and O–H groups in total. The molecule has 0 aliphatic rings. The largest absolute Gasteiger partial charge is 0.342 e. The van der Waals surface area contributed by atoms with E-state index < -0.39 is 0 Å². The number of nitrogens with zero attached hydrogens (tertiary/aromatic N) is 2. The molecule has 0 saturated carbocycles. The molecule has 4 nitrogen and oxygen atoms in total. The third-order valence-electron chi connectivity index (χ3n) is 2.64. The van der Waals surface area contributed by atoms with Crippen molar-refractivity contribution in [1.29, 1.82) is 0 Å². The van der Waals surface area contributed by atoms with E-state index in [2.05, 4.69) is 41.0 Å². The molecule has 0 spiro atoms. The minimum absolute atomic E-state index is 0.153. The smallest absolute Gasteiger partial charge is 0.107 e. The number of hydrogen-bond acceptors (Lipinski definition) is 3. The number of nitrogens with one attached hydrogen (secondary N) is 2. The van der Waals surface area contributed by atoms with Crippen molar-refractivity contribution < 1.29 is 0 Å². The Kier molecular flexibility index (Phi) is 3.77. The number of pyridine rings is 1. The molecular weight excluding hydrogens is 224 g/mol. The van der Waals surface area contributed by atoms with Gasteiger partial charge >= 0.3 is 0 Å². The Morgan fingerprint density at radius 3 is 2.61 bits per heavy atom. The summed E-state index contributed by atoms with van der Waals surface area (Å²) in [5.41, 5.74) is 2.32. The zero-order valence-electron chi connectivity index (χ0n) is 11.2. The zero-order valence-corrected chi connectivity index (χ0v) is 11.2. The van der Waals surface area contributed by atoms with E-state index in [1.165, 1.54) is 0 Å². The van der Waals surface area contributed by atoms with Crippen molar-refractivity contribution in [3.8, 4) is 11.3 Å². The second-order valence-electron chi connectivity index (χ2n) is 5.41. The van der Waals surface area contributed by atoms with E-state index in [-0.39, 0.29) is 5.54 Å². The van der Waals surface area contributed by atoms with Crippen LogP contribution in [0.2, 0.25) is 0 Å². The third-order valence-corrected chi connectivity index (χ3v) is 2.64. The molecule has 0 bridgehead atoms. The minimum Gasteiger partial charge on any atom is -0.342 e. The zero-order chi connectivity index (χ0) is 13.0. The van der Waals surface area contributed by atoms with Crippen molar-refractivity contribution in [2.45, 2.75) is 32.7 Å². The van der Waals surface area contributed by atoms with Crippen LogP contribution < -0.4 is 5.32 Å². The summed E-state index contributed by atoms with van der Waals surface area (Å²) in [7, 11) is 0. The number of imidazole rings is 1. The highest BCUT2D eigenvalue weighted by atomic mass is 15.0. The van der Waals surface area contributed by atoms with Gasteiger partial charge in [-0.2, -0.15) is 0 Å². The summed E-state index contributed by atoms with van der Waals surface area (Å²) in [4.78, 5) is 11.7. The van der Waals surface area contributed by atoms with Crippen LogP contribution in [0.25, 0.3) is 11.3 Å². The van der Waals surface area contributed by atoms with Gasteiger partial charge in [-0.3, -0.25) is 4.98 Å². The number of hydrogen-bond donors (Lipinski definition) is 2. The first kappa shape index (κ1) is 12.8. The SMILES string of the molecule is CC(C)(C)NCCc1ncc(-c2ccncc2)[nH]1. The van der Waals surface area contributed by atoms with Crippen molar-refractivity contribution in [2.75, 3.05) is 6.54 Å². The molecular formula is C14H20N4. The average Bonchev–Trinajstić information content (AvgIpc) is 2.77. The lowest BCUT2D eigenvalue weighted by atomic mass is 10.1. The van der Waals surface area contributed by atoms with Crippen LogP contribution in [-0.2, 0) is 6.42 Å². The summed E-state index contributed by atoms with van der Waals surface area (Å²) in [6.07, 6.45) is 6.36. The molecule has 0 aromatic carbocycles. The van der Waals surface area contributed by atoms with Gasteiger partial charge < -0.3 is 10.3 Å². The fourth-order valence-corrected chi connectivity index (χ4v) is 1.72. The summed E-state index contributed by atoms with van der Waals surface area (Å²) in [5.74, 6) is 1.01. The van der Waals surface area contributed by atoms with Gasteiger partial charge in [0.1, 0.15) is 5.82 Å². The summed E-state index contributed by atoms with van der Waals surface area (Å²) in [6.45, 7) is 7.42. The molecule has 4 heteroatoms. The van der Waals surface area contributed by atoms with Gasteiger partial charge in [-0.25, -0.2) is 4.98 Å². The predicted octanol–water partition coefficient (Wildman–Crippen LogP) is 2.40. The van der Waals surface area contributed by atoms with E-state index in [9.17, 15) is 0 Å². The lowest BCUT2D eigenvalue weighted by molar-refractivity contribution is 0.427. The third kappa shape index (κ3) is 3.67.